The zero-order valence-corrected chi connectivity index (χ0v) is 11.1. The van der Waals surface area contributed by atoms with Crippen molar-refractivity contribution in [1.82, 2.24) is 10.2 Å². The van der Waals surface area contributed by atoms with E-state index in [1.54, 1.807) is 0 Å². The summed E-state index contributed by atoms with van der Waals surface area (Å²) in [4.78, 5) is 13.8. The second kappa shape index (κ2) is 6.02. The third kappa shape index (κ3) is 4.74. The molecule has 1 aliphatic rings. The van der Waals surface area contributed by atoms with Gasteiger partial charge < -0.3 is 5.32 Å². The summed E-state index contributed by atoms with van der Waals surface area (Å²) in [7, 11) is 0. The van der Waals surface area contributed by atoms with Crippen LogP contribution in [0.3, 0.4) is 0 Å². The van der Waals surface area contributed by atoms with E-state index >= 15 is 0 Å². The number of rotatable bonds is 7. The highest BCUT2D eigenvalue weighted by Gasteiger charge is 2.43. The van der Waals surface area contributed by atoms with E-state index in [2.05, 4.69) is 23.2 Å². The van der Waals surface area contributed by atoms with E-state index in [4.69, 9.17) is 5.26 Å². The van der Waals surface area contributed by atoms with E-state index in [9.17, 15) is 4.79 Å². The van der Waals surface area contributed by atoms with Crippen LogP contribution in [0, 0.1) is 16.7 Å². The molecule has 96 valence electrons. The highest BCUT2D eigenvalue weighted by Crippen LogP contribution is 2.49. The zero-order valence-electron chi connectivity index (χ0n) is 11.1. The molecule has 4 nitrogen and oxygen atoms in total. The first-order chi connectivity index (χ1) is 8.01. The molecule has 0 bridgehead atoms. The summed E-state index contributed by atoms with van der Waals surface area (Å²) in [5.41, 5.74) is 0.183. The summed E-state index contributed by atoms with van der Waals surface area (Å²) in [6.45, 7) is 8.17. The fraction of sp³-hybridized carbons (Fsp3) is 0.846. The van der Waals surface area contributed by atoms with Gasteiger partial charge in [0.2, 0.25) is 5.91 Å². The zero-order chi connectivity index (χ0) is 12.9. The van der Waals surface area contributed by atoms with Crippen molar-refractivity contribution in [2.45, 2.75) is 46.1 Å². The summed E-state index contributed by atoms with van der Waals surface area (Å²) in [6, 6.07) is 2.45. The van der Waals surface area contributed by atoms with Crippen LogP contribution in [-0.4, -0.2) is 36.5 Å². The van der Waals surface area contributed by atoms with E-state index in [1.165, 1.54) is 0 Å². The Balaban J connectivity index is 2.39. The quantitative estimate of drug-likeness (QED) is 0.730. The molecule has 0 heterocycles. The van der Waals surface area contributed by atoms with Gasteiger partial charge in [-0.15, -0.1) is 0 Å². The van der Waals surface area contributed by atoms with E-state index in [-0.39, 0.29) is 17.4 Å². The first-order valence-corrected chi connectivity index (χ1v) is 6.40. The predicted octanol–water partition coefficient (Wildman–Crippen LogP) is 1.53. The van der Waals surface area contributed by atoms with Crippen molar-refractivity contribution in [2.75, 3.05) is 19.6 Å². The minimum absolute atomic E-state index is 0.0783. The van der Waals surface area contributed by atoms with Crippen LogP contribution in [-0.2, 0) is 4.79 Å². The lowest BCUT2D eigenvalue weighted by atomic mass is 10.0. The maximum Gasteiger partial charge on any atom is 0.234 e. The van der Waals surface area contributed by atoms with Crippen molar-refractivity contribution in [3.8, 4) is 6.07 Å². The molecular weight excluding hydrogens is 214 g/mol. The van der Waals surface area contributed by atoms with Crippen LogP contribution in [0.2, 0.25) is 0 Å². The summed E-state index contributed by atoms with van der Waals surface area (Å²) >= 11 is 0. The number of amides is 1. The van der Waals surface area contributed by atoms with Crippen molar-refractivity contribution >= 4 is 5.91 Å². The number of hydrogen-bond donors (Lipinski definition) is 1. The molecule has 0 saturated heterocycles. The Kier molecular flexibility index (Phi) is 4.95. The van der Waals surface area contributed by atoms with Gasteiger partial charge in [-0.3, -0.25) is 9.69 Å². The second-order valence-electron chi connectivity index (χ2n) is 5.36. The van der Waals surface area contributed by atoms with Crippen LogP contribution in [0.1, 0.15) is 40.0 Å². The lowest BCUT2D eigenvalue weighted by Gasteiger charge is -2.24. The number of carbonyl (C=O) groups is 1. The fourth-order valence-electron chi connectivity index (χ4n) is 2.06. The number of carbonyl (C=O) groups excluding carboxylic acids is 1. The highest BCUT2D eigenvalue weighted by atomic mass is 16.2. The summed E-state index contributed by atoms with van der Waals surface area (Å²) in [5, 5.41) is 11.7. The Morgan fingerprint density at radius 2 is 2.18 bits per heavy atom. The fourth-order valence-corrected chi connectivity index (χ4v) is 2.06. The standard InChI is InChI=1S/C13H23N3O/c1-4-16(9-12(17)15-11(2)3)10-13(5-6-13)7-8-14/h11H,4-7,9-10H2,1-3H3,(H,15,17). The van der Waals surface area contributed by atoms with Gasteiger partial charge in [0.15, 0.2) is 0 Å². The Bertz CT molecular complexity index is 302. The van der Waals surface area contributed by atoms with Crippen LogP contribution in [0.15, 0.2) is 0 Å². The van der Waals surface area contributed by atoms with Crippen molar-refractivity contribution in [1.29, 1.82) is 5.26 Å². The minimum atomic E-state index is 0.0783. The van der Waals surface area contributed by atoms with Crippen LogP contribution in [0.25, 0.3) is 0 Å². The number of likely N-dealkylation sites (N-methyl/N-ethyl adjacent to an activating group) is 1. The summed E-state index contributed by atoms with van der Waals surface area (Å²) in [6.07, 6.45) is 2.88. The van der Waals surface area contributed by atoms with Gasteiger partial charge in [0, 0.05) is 19.0 Å². The average molecular weight is 237 g/mol. The molecule has 0 unspecified atom stereocenters. The van der Waals surface area contributed by atoms with E-state index in [0.717, 1.165) is 25.9 Å². The Morgan fingerprint density at radius 1 is 1.53 bits per heavy atom. The molecule has 0 aromatic heterocycles. The molecule has 0 aliphatic heterocycles. The van der Waals surface area contributed by atoms with Gasteiger partial charge in [0.1, 0.15) is 0 Å². The lowest BCUT2D eigenvalue weighted by Crippen LogP contribution is -2.42. The molecule has 0 spiro atoms. The first kappa shape index (κ1) is 14.0. The topological polar surface area (TPSA) is 56.1 Å². The molecule has 1 N–H and O–H groups in total. The van der Waals surface area contributed by atoms with Gasteiger partial charge in [0.05, 0.1) is 12.6 Å². The van der Waals surface area contributed by atoms with E-state index < -0.39 is 0 Å². The molecule has 1 aliphatic carbocycles. The van der Waals surface area contributed by atoms with E-state index in [1.807, 2.05) is 13.8 Å². The third-order valence-electron chi connectivity index (χ3n) is 3.23. The maximum absolute atomic E-state index is 11.7. The molecule has 4 heteroatoms. The number of nitriles is 1. The molecule has 0 aromatic carbocycles. The van der Waals surface area contributed by atoms with Gasteiger partial charge >= 0.3 is 0 Å². The molecule has 1 amide bonds. The summed E-state index contributed by atoms with van der Waals surface area (Å²) in [5.74, 6) is 0.0783. The molecule has 0 aromatic rings. The van der Waals surface area contributed by atoms with Crippen molar-refractivity contribution in [2.24, 2.45) is 5.41 Å². The Morgan fingerprint density at radius 3 is 2.59 bits per heavy atom. The van der Waals surface area contributed by atoms with Crippen LogP contribution in [0.5, 0.6) is 0 Å². The van der Waals surface area contributed by atoms with Gasteiger partial charge in [-0.2, -0.15) is 5.26 Å². The smallest absolute Gasteiger partial charge is 0.234 e. The van der Waals surface area contributed by atoms with Gasteiger partial charge in [-0.1, -0.05) is 6.92 Å². The molecule has 1 fully saturated rings. The van der Waals surface area contributed by atoms with Crippen LogP contribution >= 0.6 is 0 Å². The number of nitrogens with one attached hydrogen (secondary N) is 1. The van der Waals surface area contributed by atoms with Gasteiger partial charge in [0.25, 0.3) is 0 Å². The molecular formula is C13H23N3O. The molecule has 0 atom stereocenters. The highest BCUT2D eigenvalue weighted by molar-refractivity contribution is 5.78. The van der Waals surface area contributed by atoms with Crippen molar-refractivity contribution in [3.63, 3.8) is 0 Å². The summed E-state index contributed by atoms with van der Waals surface area (Å²) < 4.78 is 0. The molecule has 17 heavy (non-hydrogen) atoms. The molecule has 1 saturated carbocycles. The molecule has 0 radical (unpaired) electrons. The van der Waals surface area contributed by atoms with Crippen LogP contribution < -0.4 is 5.32 Å². The normalized spacial score (nSPS) is 16.9. The Labute approximate surface area is 104 Å². The lowest BCUT2D eigenvalue weighted by molar-refractivity contribution is -0.122. The predicted molar refractivity (Wildman–Crippen MR) is 67.3 cm³/mol. The third-order valence-corrected chi connectivity index (χ3v) is 3.23. The van der Waals surface area contributed by atoms with E-state index in [0.29, 0.717) is 13.0 Å². The monoisotopic (exact) mass is 237 g/mol. The molecule has 1 rings (SSSR count). The van der Waals surface area contributed by atoms with Crippen molar-refractivity contribution < 1.29 is 4.79 Å². The average Bonchev–Trinajstić information content (AvgIpc) is 2.96. The van der Waals surface area contributed by atoms with Gasteiger partial charge in [-0.05, 0) is 38.6 Å². The number of hydrogen-bond acceptors (Lipinski definition) is 3. The minimum Gasteiger partial charge on any atom is -0.353 e. The second-order valence-corrected chi connectivity index (χ2v) is 5.36. The van der Waals surface area contributed by atoms with Crippen LogP contribution in [0.4, 0.5) is 0 Å². The first-order valence-electron chi connectivity index (χ1n) is 6.40. The number of nitrogens with zero attached hydrogens (tertiary/aromatic N) is 2. The SMILES string of the molecule is CCN(CC(=O)NC(C)C)CC1(CC#N)CC1. The maximum atomic E-state index is 11.7. The Hall–Kier alpha value is -1.08. The largest absolute Gasteiger partial charge is 0.353 e. The van der Waals surface area contributed by atoms with Gasteiger partial charge in [-0.25, -0.2) is 0 Å². The van der Waals surface area contributed by atoms with Crippen molar-refractivity contribution in [3.05, 3.63) is 0 Å².